The summed E-state index contributed by atoms with van der Waals surface area (Å²) in [5.74, 6) is 1.56. The monoisotopic (exact) mass is 258 g/mol. The van der Waals surface area contributed by atoms with E-state index in [0.717, 1.165) is 49.0 Å². The van der Waals surface area contributed by atoms with E-state index in [1.807, 2.05) is 25.1 Å². The summed E-state index contributed by atoms with van der Waals surface area (Å²) in [7, 11) is 0. The molecule has 1 unspecified atom stereocenters. The van der Waals surface area contributed by atoms with Crippen LogP contribution in [0.4, 0.5) is 5.69 Å². The van der Waals surface area contributed by atoms with Crippen LogP contribution < -0.4 is 5.32 Å². The van der Waals surface area contributed by atoms with Gasteiger partial charge in [-0.3, -0.25) is 5.10 Å². The maximum Gasteiger partial charge on any atom is 0.183 e. The predicted octanol–water partition coefficient (Wildman–Crippen LogP) is 2.37. The minimum Gasteiger partial charge on any atom is -0.379 e. The van der Waals surface area contributed by atoms with E-state index in [2.05, 4.69) is 26.6 Å². The number of rotatable bonds is 3. The summed E-state index contributed by atoms with van der Waals surface area (Å²) in [6, 6.07) is 8.50. The van der Waals surface area contributed by atoms with Gasteiger partial charge in [-0.2, -0.15) is 5.10 Å². The van der Waals surface area contributed by atoms with Gasteiger partial charge in [0, 0.05) is 23.9 Å². The average Bonchev–Trinajstić information content (AvgIpc) is 2.87. The maximum atomic E-state index is 5.50. The lowest BCUT2D eigenvalue weighted by atomic mass is 10.1. The van der Waals surface area contributed by atoms with Crippen molar-refractivity contribution in [2.75, 3.05) is 18.5 Å². The normalized spacial score (nSPS) is 19.3. The van der Waals surface area contributed by atoms with E-state index < -0.39 is 0 Å². The minimum absolute atomic E-state index is 0.370. The van der Waals surface area contributed by atoms with Gasteiger partial charge in [0.25, 0.3) is 0 Å². The van der Waals surface area contributed by atoms with Gasteiger partial charge in [-0.05, 0) is 31.9 Å². The number of benzene rings is 1. The fourth-order valence-electron chi connectivity index (χ4n) is 2.34. The third-order valence-corrected chi connectivity index (χ3v) is 3.29. The number of ether oxygens (including phenoxy) is 1. The number of hydrogen-bond acceptors (Lipinski definition) is 4. The molecule has 1 atom stereocenters. The van der Waals surface area contributed by atoms with E-state index in [1.165, 1.54) is 0 Å². The smallest absolute Gasteiger partial charge is 0.183 e. The predicted molar refractivity (Wildman–Crippen MR) is 74.0 cm³/mol. The van der Waals surface area contributed by atoms with E-state index in [9.17, 15) is 0 Å². The van der Waals surface area contributed by atoms with Crippen molar-refractivity contribution >= 4 is 5.69 Å². The molecule has 1 aromatic carbocycles. The second kappa shape index (κ2) is 5.40. The van der Waals surface area contributed by atoms with Crippen molar-refractivity contribution in [2.45, 2.75) is 25.8 Å². The molecule has 5 nitrogen and oxygen atoms in total. The lowest BCUT2D eigenvalue weighted by Gasteiger charge is -2.25. The van der Waals surface area contributed by atoms with Crippen LogP contribution in [0.15, 0.2) is 24.3 Å². The van der Waals surface area contributed by atoms with Gasteiger partial charge in [0.1, 0.15) is 5.82 Å². The van der Waals surface area contributed by atoms with Gasteiger partial charge in [-0.1, -0.05) is 12.1 Å². The molecule has 2 aromatic rings. The number of aryl methyl sites for hydroxylation is 1. The van der Waals surface area contributed by atoms with Crippen molar-refractivity contribution in [3.63, 3.8) is 0 Å². The molecular weight excluding hydrogens is 240 g/mol. The van der Waals surface area contributed by atoms with E-state index >= 15 is 0 Å². The van der Waals surface area contributed by atoms with Gasteiger partial charge < -0.3 is 10.1 Å². The zero-order valence-corrected chi connectivity index (χ0v) is 11.0. The van der Waals surface area contributed by atoms with Crippen LogP contribution in [0.3, 0.4) is 0 Å². The number of nitrogens with zero attached hydrogens (tertiary/aromatic N) is 2. The number of anilines is 1. The van der Waals surface area contributed by atoms with Crippen molar-refractivity contribution in [2.24, 2.45) is 0 Å². The Morgan fingerprint density at radius 2 is 2.26 bits per heavy atom. The topological polar surface area (TPSA) is 62.8 Å². The van der Waals surface area contributed by atoms with Crippen molar-refractivity contribution in [1.82, 2.24) is 15.2 Å². The lowest BCUT2D eigenvalue weighted by molar-refractivity contribution is 0.0876. The van der Waals surface area contributed by atoms with Crippen LogP contribution >= 0.6 is 0 Å². The summed E-state index contributed by atoms with van der Waals surface area (Å²) < 4.78 is 5.50. The molecule has 19 heavy (non-hydrogen) atoms. The molecule has 1 aromatic heterocycles. The molecule has 2 heterocycles. The Kier molecular flexibility index (Phi) is 3.46. The molecule has 0 aliphatic carbocycles. The number of hydrogen-bond donors (Lipinski definition) is 2. The number of para-hydroxylation sites is 1. The average molecular weight is 258 g/mol. The van der Waals surface area contributed by atoms with Crippen LogP contribution in [-0.4, -0.2) is 34.4 Å². The highest BCUT2D eigenvalue weighted by Crippen LogP contribution is 2.26. The summed E-state index contributed by atoms with van der Waals surface area (Å²) in [5, 5.41) is 10.7. The van der Waals surface area contributed by atoms with Gasteiger partial charge >= 0.3 is 0 Å². The number of aromatic amines is 1. The van der Waals surface area contributed by atoms with Crippen LogP contribution in [0.2, 0.25) is 0 Å². The SMILES string of the molecule is Cc1nc(-c2ccccc2NC2CCCOC2)n[nH]1. The Morgan fingerprint density at radius 1 is 1.37 bits per heavy atom. The Bertz CT molecular complexity index is 546. The summed E-state index contributed by atoms with van der Waals surface area (Å²) in [4.78, 5) is 4.40. The summed E-state index contributed by atoms with van der Waals surface area (Å²) in [6.45, 7) is 3.54. The van der Waals surface area contributed by atoms with E-state index in [-0.39, 0.29) is 0 Å². The van der Waals surface area contributed by atoms with E-state index in [0.29, 0.717) is 6.04 Å². The molecule has 0 spiro atoms. The van der Waals surface area contributed by atoms with Crippen molar-refractivity contribution in [1.29, 1.82) is 0 Å². The molecule has 5 heteroatoms. The third-order valence-electron chi connectivity index (χ3n) is 3.29. The molecular formula is C14H18N4O. The van der Waals surface area contributed by atoms with Crippen molar-refractivity contribution in [3.8, 4) is 11.4 Å². The summed E-state index contributed by atoms with van der Waals surface area (Å²) in [6.07, 6.45) is 2.25. The first-order valence-corrected chi connectivity index (χ1v) is 6.65. The number of H-pyrrole nitrogens is 1. The molecule has 3 rings (SSSR count). The van der Waals surface area contributed by atoms with Crippen LogP contribution in [-0.2, 0) is 4.74 Å². The number of nitrogens with one attached hydrogen (secondary N) is 2. The number of aromatic nitrogens is 3. The molecule has 0 radical (unpaired) electrons. The first kappa shape index (κ1) is 12.2. The molecule has 0 bridgehead atoms. The molecule has 2 N–H and O–H groups in total. The molecule has 1 aliphatic heterocycles. The van der Waals surface area contributed by atoms with E-state index in [4.69, 9.17) is 4.74 Å². The summed E-state index contributed by atoms with van der Waals surface area (Å²) >= 11 is 0. The van der Waals surface area contributed by atoms with Crippen LogP contribution in [0.25, 0.3) is 11.4 Å². The molecule has 100 valence electrons. The lowest BCUT2D eigenvalue weighted by Crippen LogP contribution is -2.30. The van der Waals surface area contributed by atoms with Crippen molar-refractivity contribution < 1.29 is 4.74 Å². The van der Waals surface area contributed by atoms with Crippen LogP contribution in [0.1, 0.15) is 18.7 Å². The minimum atomic E-state index is 0.370. The van der Waals surface area contributed by atoms with E-state index in [1.54, 1.807) is 0 Å². The highest BCUT2D eigenvalue weighted by molar-refractivity contribution is 5.73. The molecule has 1 saturated heterocycles. The molecule has 0 amide bonds. The van der Waals surface area contributed by atoms with Crippen molar-refractivity contribution in [3.05, 3.63) is 30.1 Å². The second-order valence-electron chi connectivity index (χ2n) is 4.85. The van der Waals surface area contributed by atoms with Gasteiger partial charge in [-0.25, -0.2) is 4.98 Å². The Hall–Kier alpha value is -1.88. The van der Waals surface area contributed by atoms with Crippen LogP contribution in [0.5, 0.6) is 0 Å². The second-order valence-corrected chi connectivity index (χ2v) is 4.85. The largest absolute Gasteiger partial charge is 0.379 e. The molecule has 1 aliphatic rings. The van der Waals surface area contributed by atoms with Gasteiger partial charge in [0.05, 0.1) is 6.61 Å². The third kappa shape index (κ3) is 2.76. The zero-order chi connectivity index (χ0) is 13.1. The highest BCUT2D eigenvalue weighted by atomic mass is 16.5. The molecule has 0 saturated carbocycles. The fourth-order valence-corrected chi connectivity index (χ4v) is 2.34. The van der Waals surface area contributed by atoms with Crippen LogP contribution in [0, 0.1) is 6.92 Å². The maximum absolute atomic E-state index is 5.50. The first-order valence-electron chi connectivity index (χ1n) is 6.65. The van der Waals surface area contributed by atoms with Gasteiger partial charge in [-0.15, -0.1) is 0 Å². The molecule has 1 fully saturated rings. The fraction of sp³-hybridized carbons (Fsp3) is 0.429. The summed E-state index contributed by atoms with van der Waals surface area (Å²) in [5.41, 5.74) is 2.09. The zero-order valence-electron chi connectivity index (χ0n) is 11.0. The first-order chi connectivity index (χ1) is 9.33. The standard InChI is InChI=1S/C14H18N4O/c1-10-15-14(18-17-10)12-6-2-3-7-13(12)16-11-5-4-8-19-9-11/h2-3,6-7,11,16H,4-5,8-9H2,1H3,(H,15,17,18). The van der Waals surface area contributed by atoms with Gasteiger partial charge in [0.2, 0.25) is 0 Å². The van der Waals surface area contributed by atoms with Gasteiger partial charge in [0.15, 0.2) is 5.82 Å². The Labute approximate surface area is 112 Å². The Balaban J connectivity index is 1.84. The quantitative estimate of drug-likeness (QED) is 0.887. The highest BCUT2D eigenvalue weighted by Gasteiger charge is 2.16. The Morgan fingerprint density at radius 3 is 3.00 bits per heavy atom.